The fourth-order valence-corrected chi connectivity index (χ4v) is 6.25. The molecule has 2 aromatic carbocycles. The van der Waals surface area contributed by atoms with E-state index in [0.717, 1.165) is 48.0 Å². The minimum absolute atomic E-state index is 0.318. The number of benzene rings is 2. The van der Waals surface area contributed by atoms with Crippen LogP contribution in [0, 0.1) is 23.7 Å². The van der Waals surface area contributed by atoms with Crippen LogP contribution in [0.15, 0.2) is 48.5 Å². The maximum Gasteiger partial charge on any atom is 0.495 e. The van der Waals surface area contributed by atoms with Gasteiger partial charge in [-0.25, -0.2) is 0 Å². The molecule has 2 aromatic rings. The third-order valence-electron chi connectivity index (χ3n) is 7.06. The first-order valence-electron chi connectivity index (χ1n) is 13.6. The molecular weight excluding hydrogens is 431 g/mol. The van der Waals surface area contributed by atoms with Gasteiger partial charge in [-0.15, -0.1) is 0 Å². The van der Waals surface area contributed by atoms with Crippen molar-refractivity contribution in [3.8, 4) is 16.9 Å². The third kappa shape index (κ3) is 6.32. The molecule has 192 valence electrons. The van der Waals surface area contributed by atoms with Gasteiger partial charge in [-0.2, -0.15) is 0 Å². The van der Waals surface area contributed by atoms with Crippen LogP contribution in [-0.4, -0.2) is 25.4 Å². The summed E-state index contributed by atoms with van der Waals surface area (Å²) in [7, 11) is 1.32. The Kier molecular flexibility index (Phi) is 9.15. The Morgan fingerprint density at radius 1 is 0.657 bits per heavy atom. The lowest BCUT2D eigenvalue weighted by atomic mass is 9.66. The number of methoxy groups -OCH3 is 1. The Hall–Kier alpha value is -1.78. The Morgan fingerprint density at radius 3 is 1.49 bits per heavy atom. The van der Waals surface area contributed by atoms with E-state index in [1.165, 1.54) is 0 Å². The van der Waals surface area contributed by atoms with E-state index < -0.39 is 0 Å². The average Bonchev–Trinajstić information content (AvgIpc) is 3.04. The number of rotatable bonds is 11. The fraction of sp³-hybridized carbons (Fsp3) is 0.613. The molecule has 0 radical (unpaired) electrons. The molecule has 0 atom stereocenters. The first kappa shape index (κ1) is 27.8. The standard InChI is InChI=1S/C31H47BO3/c1-22(2)18-30(19-23(3)4)31(20-24(5)6,21-25(7)8)35-32(34-30)29-13-11-10-12-28(29)26-14-16-27(33-9)17-15-26/h10-17,22-25H,18-21H2,1-9H3. The van der Waals surface area contributed by atoms with Crippen LogP contribution in [0.3, 0.4) is 0 Å². The third-order valence-corrected chi connectivity index (χ3v) is 7.06. The predicted octanol–water partition coefficient (Wildman–Crippen LogP) is 7.77. The molecule has 0 aromatic heterocycles. The second-order valence-corrected chi connectivity index (χ2v) is 12.3. The summed E-state index contributed by atoms with van der Waals surface area (Å²) in [5.74, 6) is 2.94. The minimum atomic E-state index is -0.386. The molecule has 1 fully saturated rings. The SMILES string of the molecule is COc1ccc(-c2ccccc2B2OC(CC(C)C)(CC(C)C)C(CC(C)C)(CC(C)C)O2)cc1. The molecule has 0 spiro atoms. The smallest absolute Gasteiger partial charge is 0.495 e. The van der Waals surface area contributed by atoms with Gasteiger partial charge in [0.25, 0.3) is 0 Å². The largest absolute Gasteiger partial charge is 0.497 e. The molecule has 0 saturated carbocycles. The summed E-state index contributed by atoms with van der Waals surface area (Å²) < 4.78 is 19.9. The van der Waals surface area contributed by atoms with Crippen LogP contribution < -0.4 is 10.2 Å². The van der Waals surface area contributed by atoms with Crippen molar-refractivity contribution >= 4 is 12.6 Å². The molecule has 1 saturated heterocycles. The molecular formula is C31H47BO3. The van der Waals surface area contributed by atoms with Gasteiger partial charge in [0.05, 0.1) is 18.3 Å². The fourth-order valence-electron chi connectivity index (χ4n) is 6.25. The lowest BCUT2D eigenvalue weighted by Crippen LogP contribution is -2.54. The van der Waals surface area contributed by atoms with E-state index in [9.17, 15) is 0 Å². The van der Waals surface area contributed by atoms with Crippen molar-refractivity contribution in [1.82, 2.24) is 0 Å². The number of ether oxygens (including phenoxy) is 1. The van der Waals surface area contributed by atoms with Gasteiger partial charge in [-0.05, 0) is 78.1 Å². The molecule has 1 aliphatic rings. The maximum absolute atomic E-state index is 7.23. The van der Waals surface area contributed by atoms with Crippen LogP contribution in [0.25, 0.3) is 11.1 Å². The van der Waals surface area contributed by atoms with Gasteiger partial charge in [-0.1, -0.05) is 91.8 Å². The van der Waals surface area contributed by atoms with Crippen molar-refractivity contribution in [2.45, 2.75) is 92.3 Å². The summed E-state index contributed by atoms with van der Waals surface area (Å²) in [4.78, 5) is 0. The van der Waals surface area contributed by atoms with E-state index >= 15 is 0 Å². The Labute approximate surface area is 215 Å². The van der Waals surface area contributed by atoms with E-state index in [0.29, 0.717) is 23.7 Å². The zero-order valence-electron chi connectivity index (χ0n) is 23.6. The summed E-state index contributed by atoms with van der Waals surface area (Å²) in [6.07, 6.45) is 4.02. The topological polar surface area (TPSA) is 27.7 Å². The van der Waals surface area contributed by atoms with E-state index in [1.807, 2.05) is 12.1 Å². The molecule has 0 N–H and O–H groups in total. The van der Waals surface area contributed by atoms with Gasteiger partial charge in [0.2, 0.25) is 0 Å². The number of hydrogen-bond donors (Lipinski definition) is 0. The van der Waals surface area contributed by atoms with Crippen LogP contribution in [0.5, 0.6) is 5.75 Å². The monoisotopic (exact) mass is 478 g/mol. The highest BCUT2D eigenvalue weighted by Crippen LogP contribution is 2.52. The molecule has 35 heavy (non-hydrogen) atoms. The van der Waals surface area contributed by atoms with Crippen LogP contribution >= 0.6 is 0 Å². The molecule has 1 heterocycles. The lowest BCUT2D eigenvalue weighted by molar-refractivity contribution is -0.0967. The van der Waals surface area contributed by atoms with Crippen molar-refractivity contribution in [2.75, 3.05) is 7.11 Å². The normalized spacial score (nSPS) is 17.2. The summed E-state index contributed by atoms with van der Waals surface area (Å²) in [5, 5.41) is 0. The zero-order valence-corrected chi connectivity index (χ0v) is 23.6. The Balaban J connectivity index is 2.14. The summed E-state index contributed by atoms with van der Waals surface area (Å²) in [6.45, 7) is 18.6. The van der Waals surface area contributed by atoms with Gasteiger partial charge in [-0.3, -0.25) is 0 Å². The van der Waals surface area contributed by atoms with Gasteiger partial charge >= 0.3 is 7.12 Å². The average molecular weight is 479 g/mol. The van der Waals surface area contributed by atoms with Crippen molar-refractivity contribution in [3.63, 3.8) is 0 Å². The Bertz CT molecular complexity index is 880. The first-order valence-corrected chi connectivity index (χ1v) is 13.6. The van der Waals surface area contributed by atoms with E-state index in [-0.39, 0.29) is 18.3 Å². The van der Waals surface area contributed by atoms with Crippen LogP contribution in [-0.2, 0) is 9.31 Å². The van der Waals surface area contributed by atoms with Gasteiger partial charge in [0.1, 0.15) is 5.75 Å². The highest BCUT2D eigenvalue weighted by atomic mass is 16.7. The molecule has 1 aliphatic heterocycles. The van der Waals surface area contributed by atoms with E-state index in [4.69, 9.17) is 14.0 Å². The zero-order chi connectivity index (χ0) is 25.8. The molecule has 4 heteroatoms. The second kappa shape index (κ2) is 11.5. The van der Waals surface area contributed by atoms with Crippen molar-refractivity contribution in [1.29, 1.82) is 0 Å². The second-order valence-electron chi connectivity index (χ2n) is 12.3. The lowest BCUT2D eigenvalue weighted by Gasteiger charge is -2.48. The molecule has 0 amide bonds. The highest BCUT2D eigenvalue weighted by molar-refractivity contribution is 6.63. The minimum Gasteiger partial charge on any atom is -0.497 e. The van der Waals surface area contributed by atoms with E-state index in [1.54, 1.807) is 7.11 Å². The summed E-state index contributed by atoms with van der Waals surface area (Å²) in [6, 6.07) is 16.9. The van der Waals surface area contributed by atoms with Crippen LogP contribution in [0.4, 0.5) is 0 Å². The maximum atomic E-state index is 7.23. The highest BCUT2D eigenvalue weighted by Gasteiger charge is 2.62. The summed E-state index contributed by atoms with van der Waals surface area (Å²) >= 11 is 0. The van der Waals surface area contributed by atoms with Crippen molar-refractivity contribution in [3.05, 3.63) is 48.5 Å². The first-order chi connectivity index (χ1) is 16.5. The van der Waals surface area contributed by atoms with Crippen molar-refractivity contribution in [2.24, 2.45) is 23.7 Å². The Morgan fingerprint density at radius 2 is 1.09 bits per heavy atom. The molecule has 0 unspecified atom stereocenters. The van der Waals surface area contributed by atoms with E-state index in [2.05, 4.69) is 91.8 Å². The number of hydrogen-bond acceptors (Lipinski definition) is 3. The van der Waals surface area contributed by atoms with Gasteiger partial charge in [0.15, 0.2) is 0 Å². The van der Waals surface area contributed by atoms with Crippen LogP contribution in [0.2, 0.25) is 0 Å². The molecule has 3 nitrogen and oxygen atoms in total. The predicted molar refractivity (Wildman–Crippen MR) is 149 cm³/mol. The van der Waals surface area contributed by atoms with Crippen LogP contribution in [0.1, 0.15) is 81.1 Å². The van der Waals surface area contributed by atoms with Gasteiger partial charge in [0, 0.05) is 0 Å². The molecule has 3 rings (SSSR count). The quantitative estimate of drug-likeness (QED) is 0.309. The summed E-state index contributed by atoms with van der Waals surface area (Å²) in [5.41, 5.74) is 2.79. The van der Waals surface area contributed by atoms with Crippen molar-refractivity contribution < 1.29 is 14.0 Å². The van der Waals surface area contributed by atoms with Gasteiger partial charge < -0.3 is 14.0 Å². The molecule has 0 aliphatic carbocycles. The molecule has 0 bridgehead atoms.